The Hall–Kier alpha value is -2.95. The van der Waals surface area contributed by atoms with Gasteiger partial charge >= 0.3 is 0 Å². The first-order chi connectivity index (χ1) is 16.5. The highest BCUT2D eigenvalue weighted by Crippen LogP contribution is 2.39. The van der Waals surface area contributed by atoms with Crippen molar-refractivity contribution in [3.63, 3.8) is 0 Å². The first-order valence-corrected chi connectivity index (χ1v) is 12.8. The lowest BCUT2D eigenvalue weighted by molar-refractivity contribution is -0.111. The van der Waals surface area contributed by atoms with Crippen LogP contribution in [0.1, 0.15) is 83.1 Å². The summed E-state index contributed by atoms with van der Waals surface area (Å²) in [5, 5.41) is 7.16. The minimum atomic E-state index is -0.297. The van der Waals surface area contributed by atoms with Crippen LogP contribution in [-0.4, -0.2) is 11.8 Å². The Balaban J connectivity index is 1.48. The Bertz CT molecular complexity index is 1270. The topological polar surface area (TPSA) is 58.2 Å². The van der Waals surface area contributed by atoms with E-state index in [9.17, 15) is 9.59 Å². The molecular weight excluding hydrogens is 427 g/mol. The van der Waals surface area contributed by atoms with Crippen LogP contribution in [0.4, 0.5) is 15.8 Å². The van der Waals surface area contributed by atoms with Crippen molar-refractivity contribution in [3.05, 3.63) is 46.1 Å². The number of carbonyl (C=O) groups is 2. The van der Waals surface area contributed by atoms with E-state index >= 15 is 4.39 Å². The van der Waals surface area contributed by atoms with Crippen LogP contribution >= 0.6 is 0 Å². The number of unbranched alkanes of at least 4 members (excludes halogenated alkanes) is 2. The Kier molecular flexibility index (Phi) is 6.28. The van der Waals surface area contributed by atoms with Gasteiger partial charge in [-0.3, -0.25) is 9.59 Å². The molecule has 2 aromatic carbocycles. The SMILES string of the molecule is CCCCC[C@H]1CC[C@H](c2ccc(-c3c4c(cc5c3=C(CC)C(=O)N5)=CC(=O)N4)c(F)c2)CC1. The van der Waals surface area contributed by atoms with Crippen molar-refractivity contribution >= 4 is 34.8 Å². The van der Waals surface area contributed by atoms with E-state index in [4.69, 9.17) is 0 Å². The van der Waals surface area contributed by atoms with E-state index in [1.54, 1.807) is 12.1 Å². The van der Waals surface area contributed by atoms with Gasteiger partial charge < -0.3 is 10.6 Å². The maximum absolute atomic E-state index is 15.7. The van der Waals surface area contributed by atoms with E-state index in [0.717, 1.165) is 24.3 Å². The lowest BCUT2D eigenvalue weighted by atomic mass is 9.77. The molecule has 2 amide bonds. The van der Waals surface area contributed by atoms with Crippen molar-refractivity contribution in [2.75, 3.05) is 10.6 Å². The summed E-state index contributed by atoms with van der Waals surface area (Å²) in [6.07, 6.45) is 11.9. The quantitative estimate of drug-likeness (QED) is 0.529. The summed E-state index contributed by atoms with van der Waals surface area (Å²) in [7, 11) is 0. The smallest absolute Gasteiger partial charge is 0.252 e. The molecule has 2 heterocycles. The molecule has 0 radical (unpaired) electrons. The Labute approximate surface area is 200 Å². The molecule has 2 N–H and O–H groups in total. The highest BCUT2D eigenvalue weighted by molar-refractivity contribution is 6.26. The number of rotatable bonds is 7. The third-order valence-electron chi connectivity index (χ3n) is 7.87. The van der Waals surface area contributed by atoms with E-state index in [-0.39, 0.29) is 17.6 Å². The largest absolute Gasteiger partial charge is 0.322 e. The van der Waals surface area contributed by atoms with Crippen LogP contribution in [0.25, 0.3) is 22.8 Å². The molecule has 2 aromatic rings. The zero-order valence-corrected chi connectivity index (χ0v) is 20.1. The fourth-order valence-electron chi connectivity index (χ4n) is 6.04. The molecule has 0 aromatic heterocycles. The van der Waals surface area contributed by atoms with Gasteiger partial charge in [0.05, 0.1) is 11.4 Å². The van der Waals surface area contributed by atoms with Gasteiger partial charge in [0.25, 0.3) is 5.91 Å². The minimum Gasteiger partial charge on any atom is -0.322 e. The van der Waals surface area contributed by atoms with Crippen LogP contribution in [0.2, 0.25) is 0 Å². The second-order valence-electron chi connectivity index (χ2n) is 10.0. The molecule has 0 spiro atoms. The van der Waals surface area contributed by atoms with E-state index in [2.05, 4.69) is 17.6 Å². The molecule has 4 nitrogen and oxygen atoms in total. The van der Waals surface area contributed by atoms with Crippen LogP contribution < -0.4 is 21.1 Å². The van der Waals surface area contributed by atoms with E-state index in [1.165, 1.54) is 44.6 Å². The van der Waals surface area contributed by atoms with Crippen molar-refractivity contribution in [1.29, 1.82) is 0 Å². The lowest BCUT2D eigenvalue weighted by Gasteiger charge is -2.29. The fourth-order valence-corrected chi connectivity index (χ4v) is 6.04. The monoisotopic (exact) mass is 460 g/mol. The number of benzene rings is 2. The molecule has 1 fully saturated rings. The molecule has 0 saturated heterocycles. The zero-order chi connectivity index (χ0) is 23.8. The van der Waals surface area contributed by atoms with Crippen LogP contribution in [0.5, 0.6) is 0 Å². The number of hydrogen-bond donors (Lipinski definition) is 2. The van der Waals surface area contributed by atoms with Gasteiger partial charge in [0.15, 0.2) is 0 Å². The maximum Gasteiger partial charge on any atom is 0.252 e. The number of halogens is 1. The molecule has 0 bridgehead atoms. The maximum atomic E-state index is 15.7. The molecule has 2 aliphatic heterocycles. The van der Waals surface area contributed by atoms with E-state index in [1.807, 2.05) is 19.1 Å². The third-order valence-corrected chi connectivity index (χ3v) is 7.87. The zero-order valence-electron chi connectivity index (χ0n) is 20.1. The predicted octanol–water partition coefficient (Wildman–Crippen LogP) is 5.59. The van der Waals surface area contributed by atoms with E-state index < -0.39 is 0 Å². The Morgan fingerprint density at radius 1 is 1.00 bits per heavy atom. The average molecular weight is 461 g/mol. The molecule has 0 atom stereocenters. The van der Waals surface area contributed by atoms with Crippen molar-refractivity contribution in [2.24, 2.45) is 5.92 Å². The molecular formula is C29H33FN2O2. The van der Waals surface area contributed by atoms with Crippen LogP contribution in [0.15, 0.2) is 24.3 Å². The number of nitrogens with one attached hydrogen (secondary N) is 2. The molecule has 1 aliphatic carbocycles. The first kappa shape index (κ1) is 22.8. The van der Waals surface area contributed by atoms with Gasteiger partial charge in [0, 0.05) is 33.2 Å². The molecule has 34 heavy (non-hydrogen) atoms. The van der Waals surface area contributed by atoms with Crippen molar-refractivity contribution in [3.8, 4) is 11.1 Å². The van der Waals surface area contributed by atoms with Crippen LogP contribution in [0, 0.1) is 11.7 Å². The molecule has 178 valence electrons. The first-order valence-electron chi connectivity index (χ1n) is 12.8. The third kappa shape index (κ3) is 4.06. The van der Waals surface area contributed by atoms with Crippen molar-refractivity contribution in [1.82, 2.24) is 0 Å². The van der Waals surface area contributed by atoms with Gasteiger partial charge in [-0.05, 0) is 61.6 Å². The summed E-state index contributed by atoms with van der Waals surface area (Å²) in [5.74, 6) is 0.536. The number of anilines is 2. The summed E-state index contributed by atoms with van der Waals surface area (Å²) in [5.41, 5.74) is 3.95. The predicted molar refractivity (Wildman–Crippen MR) is 135 cm³/mol. The van der Waals surface area contributed by atoms with Gasteiger partial charge in [-0.2, -0.15) is 0 Å². The molecule has 5 heteroatoms. The van der Waals surface area contributed by atoms with Gasteiger partial charge in [-0.25, -0.2) is 4.39 Å². The summed E-state index contributed by atoms with van der Waals surface area (Å²) in [4.78, 5) is 24.7. The second kappa shape index (κ2) is 9.36. The summed E-state index contributed by atoms with van der Waals surface area (Å²) in [6, 6.07) is 7.37. The van der Waals surface area contributed by atoms with Gasteiger partial charge in [-0.15, -0.1) is 0 Å². The van der Waals surface area contributed by atoms with Crippen LogP contribution in [-0.2, 0) is 9.59 Å². The highest BCUT2D eigenvalue weighted by Gasteiger charge is 2.29. The summed E-state index contributed by atoms with van der Waals surface area (Å²) < 4.78 is 15.7. The Morgan fingerprint density at radius 2 is 1.79 bits per heavy atom. The number of carbonyl (C=O) groups excluding carboxylic acids is 2. The number of hydrogen-bond acceptors (Lipinski definition) is 2. The molecule has 1 saturated carbocycles. The van der Waals surface area contributed by atoms with Crippen molar-refractivity contribution in [2.45, 2.75) is 77.6 Å². The van der Waals surface area contributed by atoms with Crippen LogP contribution in [0.3, 0.4) is 0 Å². The summed E-state index contributed by atoms with van der Waals surface area (Å²) in [6.45, 7) is 4.17. The normalized spacial score (nSPS) is 21.1. The van der Waals surface area contributed by atoms with E-state index in [0.29, 0.717) is 50.9 Å². The second-order valence-corrected chi connectivity index (χ2v) is 10.0. The standard InChI is InChI=1S/C29H33FN2O2/c1-3-5-6-7-17-8-10-18(11-9-17)19-12-13-22(23(30)14-19)27-26-21(4-2)29(34)31-24(26)15-20-16-25(33)32-28(20)27/h12-18H,3-11H2,1-2H3,(H,31,34)(H,32,33)/t17-,18-. The minimum absolute atomic E-state index is 0.151. The molecule has 0 unspecified atom stereocenters. The van der Waals surface area contributed by atoms with Gasteiger partial charge in [0.2, 0.25) is 5.91 Å². The number of amides is 2. The lowest BCUT2D eigenvalue weighted by Crippen LogP contribution is -2.18. The average Bonchev–Trinajstić information content (AvgIpc) is 3.35. The summed E-state index contributed by atoms with van der Waals surface area (Å²) >= 11 is 0. The van der Waals surface area contributed by atoms with Gasteiger partial charge in [-0.1, -0.05) is 51.7 Å². The highest BCUT2D eigenvalue weighted by atomic mass is 19.1. The fraction of sp³-hybridized carbons (Fsp3) is 0.448. The van der Waals surface area contributed by atoms with Gasteiger partial charge in [0.1, 0.15) is 5.82 Å². The Morgan fingerprint density at radius 3 is 2.50 bits per heavy atom. The molecule has 5 rings (SSSR count). The number of fused-ring (bicyclic) bond motifs is 2. The van der Waals surface area contributed by atoms with Crippen molar-refractivity contribution < 1.29 is 14.0 Å². The molecule has 3 aliphatic rings.